The van der Waals surface area contributed by atoms with Gasteiger partial charge in [-0.1, -0.05) is 41.4 Å². The van der Waals surface area contributed by atoms with Crippen LogP contribution >= 0.6 is 35.4 Å². The number of hydrogen-bond donors (Lipinski definition) is 2. The molecule has 0 aromatic heterocycles. The number of carbonyl (C=O) groups is 3. The van der Waals surface area contributed by atoms with Crippen LogP contribution in [0.3, 0.4) is 0 Å². The van der Waals surface area contributed by atoms with E-state index in [9.17, 15) is 19.5 Å². The summed E-state index contributed by atoms with van der Waals surface area (Å²) in [4.78, 5) is 38.9. The molecular weight excluding hydrogens is 587 g/mol. The monoisotopic (exact) mass is 610 g/mol. The summed E-state index contributed by atoms with van der Waals surface area (Å²) in [6.45, 7) is 6.17. The number of hydrogen-bond acceptors (Lipinski definition) is 6. The number of nitrogens with one attached hydrogen (secondary N) is 1. The van der Waals surface area contributed by atoms with E-state index in [0.717, 1.165) is 10.5 Å². The van der Waals surface area contributed by atoms with Crippen LogP contribution in [0, 0.1) is 0 Å². The zero-order valence-corrected chi connectivity index (χ0v) is 24.1. The molecule has 2 amide bonds. The van der Waals surface area contributed by atoms with E-state index in [2.05, 4.69) is 11.9 Å². The van der Waals surface area contributed by atoms with Crippen LogP contribution in [-0.2, 0) is 22.6 Å². The molecule has 1 aliphatic rings. The highest BCUT2D eigenvalue weighted by Crippen LogP contribution is 2.36. The Balaban J connectivity index is 1.72. The Labute approximate surface area is 251 Å². The van der Waals surface area contributed by atoms with Crippen LogP contribution in [0.25, 0.3) is 6.08 Å². The second-order valence-electron chi connectivity index (χ2n) is 8.78. The highest BCUT2D eigenvalue weighted by molar-refractivity contribution is 7.80. The first kappa shape index (κ1) is 29.8. The van der Waals surface area contributed by atoms with Crippen molar-refractivity contribution in [1.29, 1.82) is 0 Å². The lowest BCUT2D eigenvalue weighted by atomic mass is 10.0. The lowest BCUT2D eigenvalue weighted by molar-refractivity contribution is -0.122. The fourth-order valence-corrected chi connectivity index (χ4v) is 4.72. The number of ether oxygens (including phenoxy) is 2. The largest absolute Gasteiger partial charge is 0.490 e. The molecule has 0 atom stereocenters. The van der Waals surface area contributed by atoms with Crippen LogP contribution in [0.15, 0.2) is 72.8 Å². The second kappa shape index (κ2) is 13.0. The molecule has 41 heavy (non-hydrogen) atoms. The Morgan fingerprint density at radius 2 is 1.88 bits per heavy atom. The van der Waals surface area contributed by atoms with E-state index < -0.39 is 17.8 Å². The first-order valence-electron chi connectivity index (χ1n) is 12.3. The van der Waals surface area contributed by atoms with Gasteiger partial charge in [0, 0.05) is 5.56 Å². The van der Waals surface area contributed by atoms with Crippen molar-refractivity contribution in [2.45, 2.75) is 20.0 Å². The smallest absolute Gasteiger partial charge is 0.335 e. The van der Waals surface area contributed by atoms with E-state index >= 15 is 0 Å². The molecule has 1 fully saturated rings. The summed E-state index contributed by atoms with van der Waals surface area (Å²) < 4.78 is 12.0. The Morgan fingerprint density at radius 3 is 2.56 bits per heavy atom. The number of nitrogens with zero attached hydrogens (tertiary/aromatic N) is 1. The van der Waals surface area contributed by atoms with Gasteiger partial charge in [0.2, 0.25) is 0 Å². The van der Waals surface area contributed by atoms with Crippen LogP contribution in [0.5, 0.6) is 11.5 Å². The van der Waals surface area contributed by atoms with Gasteiger partial charge in [0.15, 0.2) is 16.6 Å². The number of carbonyl (C=O) groups excluding carboxylic acids is 2. The Bertz CT molecular complexity index is 1600. The molecule has 0 saturated carbocycles. The first-order valence-corrected chi connectivity index (χ1v) is 13.5. The number of carboxylic acids is 1. The van der Waals surface area contributed by atoms with Gasteiger partial charge in [-0.15, -0.1) is 6.58 Å². The Morgan fingerprint density at radius 1 is 1.10 bits per heavy atom. The van der Waals surface area contributed by atoms with E-state index in [0.29, 0.717) is 45.7 Å². The molecular formula is C30H24Cl2N2O6S. The Kier molecular flexibility index (Phi) is 9.44. The number of amides is 2. The van der Waals surface area contributed by atoms with Gasteiger partial charge in [-0.25, -0.2) is 4.79 Å². The maximum atomic E-state index is 13.5. The predicted molar refractivity (Wildman–Crippen MR) is 162 cm³/mol. The van der Waals surface area contributed by atoms with Crippen molar-refractivity contribution in [3.8, 4) is 11.5 Å². The van der Waals surface area contributed by atoms with Crippen molar-refractivity contribution >= 4 is 70.1 Å². The first-order chi connectivity index (χ1) is 19.6. The molecule has 0 radical (unpaired) electrons. The summed E-state index contributed by atoms with van der Waals surface area (Å²) in [6.07, 6.45) is 3.53. The summed E-state index contributed by atoms with van der Waals surface area (Å²) in [7, 11) is 0. The van der Waals surface area contributed by atoms with E-state index in [1.807, 2.05) is 6.92 Å². The van der Waals surface area contributed by atoms with Gasteiger partial charge in [-0.2, -0.15) is 0 Å². The predicted octanol–water partition coefficient (Wildman–Crippen LogP) is 6.23. The number of benzene rings is 3. The molecule has 0 aliphatic carbocycles. The summed E-state index contributed by atoms with van der Waals surface area (Å²) >= 11 is 17.4. The molecule has 0 spiro atoms. The van der Waals surface area contributed by atoms with Gasteiger partial charge < -0.3 is 14.6 Å². The summed E-state index contributed by atoms with van der Waals surface area (Å²) in [6, 6.07) is 14.3. The lowest BCUT2D eigenvalue weighted by Gasteiger charge is -2.29. The van der Waals surface area contributed by atoms with Gasteiger partial charge in [-0.3, -0.25) is 19.8 Å². The van der Waals surface area contributed by atoms with Crippen molar-refractivity contribution in [2.24, 2.45) is 0 Å². The minimum atomic E-state index is -1.17. The Hall–Kier alpha value is -4.18. The zero-order chi connectivity index (χ0) is 29.7. The topological polar surface area (TPSA) is 105 Å². The van der Waals surface area contributed by atoms with Crippen molar-refractivity contribution in [1.82, 2.24) is 5.32 Å². The summed E-state index contributed by atoms with van der Waals surface area (Å²) in [5.41, 5.74) is 1.98. The maximum absolute atomic E-state index is 13.5. The van der Waals surface area contributed by atoms with Gasteiger partial charge in [0.25, 0.3) is 11.8 Å². The number of rotatable bonds is 10. The van der Waals surface area contributed by atoms with Gasteiger partial charge in [0.1, 0.15) is 12.2 Å². The molecule has 3 aromatic rings. The molecule has 1 aliphatic heterocycles. The molecule has 1 heterocycles. The second-order valence-corrected chi connectivity index (χ2v) is 9.98. The van der Waals surface area contributed by atoms with Crippen molar-refractivity contribution in [3.05, 3.63) is 105 Å². The SMILES string of the molecule is C=CCc1cc(C=C2C(=O)NC(=S)N(c3cccc(C(=O)O)c3)C2=O)cc(OCC)c1OCc1ccc(Cl)c(Cl)c1. The molecule has 0 bridgehead atoms. The summed E-state index contributed by atoms with van der Waals surface area (Å²) in [5.74, 6) is -1.67. The number of thiocarbonyl (C=S) groups is 1. The normalized spacial score (nSPS) is 14.2. The van der Waals surface area contributed by atoms with Gasteiger partial charge >= 0.3 is 5.97 Å². The number of aromatic carboxylic acids is 1. The average molecular weight is 612 g/mol. The highest BCUT2D eigenvalue weighted by atomic mass is 35.5. The minimum Gasteiger partial charge on any atom is -0.490 e. The molecule has 1 saturated heterocycles. The average Bonchev–Trinajstić information content (AvgIpc) is 2.93. The van der Waals surface area contributed by atoms with Gasteiger partial charge in [-0.05, 0) is 85.2 Å². The fraction of sp³-hybridized carbons (Fsp3) is 0.133. The fourth-order valence-electron chi connectivity index (χ4n) is 4.12. The zero-order valence-electron chi connectivity index (χ0n) is 21.8. The molecule has 3 aromatic carbocycles. The van der Waals surface area contributed by atoms with E-state index in [1.54, 1.807) is 36.4 Å². The number of halogens is 2. The van der Waals surface area contributed by atoms with Crippen LogP contribution in [0.4, 0.5) is 5.69 Å². The van der Waals surface area contributed by atoms with Crippen molar-refractivity contribution < 1.29 is 29.0 Å². The standard InChI is InChI=1S/C30H24Cl2N2O6S/c1-3-6-19-11-18(14-25(39-4-2)26(19)40-16-17-9-10-23(31)24(32)13-17)12-22-27(35)33-30(41)34(28(22)36)21-8-5-7-20(15-21)29(37)38/h3,5,7-15H,1,4,6,16H2,2H3,(H,37,38)(H,33,35,41). The maximum Gasteiger partial charge on any atom is 0.335 e. The molecule has 4 rings (SSSR count). The van der Waals surface area contributed by atoms with Crippen LogP contribution < -0.4 is 19.7 Å². The quantitative estimate of drug-likeness (QED) is 0.121. The highest BCUT2D eigenvalue weighted by Gasteiger charge is 2.35. The van der Waals surface area contributed by atoms with Gasteiger partial charge in [0.05, 0.1) is 27.9 Å². The molecule has 2 N–H and O–H groups in total. The number of anilines is 1. The van der Waals surface area contributed by atoms with E-state index in [4.69, 9.17) is 44.9 Å². The molecule has 0 unspecified atom stereocenters. The third kappa shape index (κ3) is 6.77. The summed E-state index contributed by atoms with van der Waals surface area (Å²) in [5, 5.41) is 12.5. The van der Waals surface area contributed by atoms with E-state index in [1.165, 1.54) is 30.3 Å². The number of carboxylic acid groups (broad SMARTS) is 1. The van der Waals surface area contributed by atoms with Crippen LogP contribution in [-0.4, -0.2) is 34.6 Å². The van der Waals surface area contributed by atoms with Crippen molar-refractivity contribution in [3.63, 3.8) is 0 Å². The van der Waals surface area contributed by atoms with Crippen LogP contribution in [0.2, 0.25) is 10.0 Å². The molecule has 8 nitrogen and oxygen atoms in total. The number of allylic oxidation sites excluding steroid dienone is 1. The molecule has 11 heteroatoms. The van der Waals surface area contributed by atoms with Crippen LogP contribution in [0.1, 0.15) is 34.0 Å². The minimum absolute atomic E-state index is 0.0348. The van der Waals surface area contributed by atoms with Crippen molar-refractivity contribution in [2.75, 3.05) is 11.5 Å². The third-order valence-electron chi connectivity index (χ3n) is 5.95. The lowest BCUT2D eigenvalue weighted by Crippen LogP contribution is -2.54. The molecule has 210 valence electrons. The van der Waals surface area contributed by atoms with E-state index in [-0.39, 0.29) is 28.5 Å². The third-order valence-corrected chi connectivity index (χ3v) is 6.97.